The number of carbonyl (C=O) groups is 1. The lowest BCUT2D eigenvalue weighted by Crippen LogP contribution is -2.58. The number of nitrogen functional groups attached to an aromatic ring is 1. The number of nitriles is 1. The first kappa shape index (κ1) is 35.8. The number of benzene rings is 2. The van der Waals surface area contributed by atoms with Gasteiger partial charge in [-0.2, -0.15) is 23.4 Å². The topological polar surface area (TPSA) is 115 Å². The van der Waals surface area contributed by atoms with E-state index in [1.807, 2.05) is 19.9 Å². The fraction of sp³-hybridized carbons (Fsp3) is 0.459. The second-order valence-electron chi connectivity index (χ2n) is 14.4. The van der Waals surface area contributed by atoms with E-state index in [9.17, 15) is 14.9 Å². The average Bonchev–Trinajstić information content (AvgIpc) is 3.91. The molecule has 1 aliphatic carbocycles. The van der Waals surface area contributed by atoms with Crippen LogP contribution in [-0.2, 0) is 11.0 Å². The first-order valence-electron chi connectivity index (χ1n) is 17.7. The summed E-state index contributed by atoms with van der Waals surface area (Å²) in [7, 11) is 0. The Hall–Kier alpha value is -4.17. The number of anilines is 2. The summed E-state index contributed by atoms with van der Waals surface area (Å²) in [6.07, 6.45) is -1.22. The second kappa shape index (κ2) is 13.3. The van der Waals surface area contributed by atoms with Gasteiger partial charge in [0.1, 0.15) is 22.7 Å². The van der Waals surface area contributed by atoms with Crippen LogP contribution in [0.25, 0.3) is 32.1 Å². The van der Waals surface area contributed by atoms with E-state index < -0.39 is 23.2 Å². The van der Waals surface area contributed by atoms with Crippen molar-refractivity contribution in [2.75, 3.05) is 62.2 Å². The summed E-state index contributed by atoms with van der Waals surface area (Å²) in [4.78, 5) is 40.1. The number of hydrogen-bond donors (Lipinski definition) is 1. The molecule has 10 nitrogen and oxygen atoms in total. The highest BCUT2D eigenvalue weighted by Gasteiger charge is 2.42. The third-order valence-corrected chi connectivity index (χ3v) is 13.3. The third kappa shape index (κ3) is 6.05. The first-order valence-corrected chi connectivity index (χ1v) is 19.5. The van der Waals surface area contributed by atoms with Crippen LogP contribution in [0.1, 0.15) is 43.9 Å². The first-order chi connectivity index (χ1) is 25.3. The lowest BCUT2D eigenvalue weighted by molar-refractivity contribution is -0.137. The van der Waals surface area contributed by atoms with Gasteiger partial charge in [-0.3, -0.25) is 19.2 Å². The molecule has 3 fully saturated rings. The number of fused-ring (bicyclic) bond motifs is 1. The van der Waals surface area contributed by atoms with Gasteiger partial charge in [0.25, 0.3) is 0 Å². The van der Waals surface area contributed by atoms with Gasteiger partial charge in [-0.05, 0) is 50.5 Å². The molecule has 2 N–H and O–H groups in total. The van der Waals surface area contributed by atoms with E-state index in [1.165, 1.54) is 36.7 Å². The van der Waals surface area contributed by atoms with E-state index in [0.29, 0.717) is 23.9 Å². The fourth-order valence-electron chi connectivity index (χ4n) is 8.55. The van der Waals surface area contributed by atoms with E-state index in [1.54, 1.807) is 14.4 Å². The van der Waals surface area contributed by atoms with Crippen molar-refractivity contribution in [3.63, 3.8) is 0 Å². The Labute approximate surface area is 311 Å². The molecule has 2 aromatic heterocycles. The summed E-state index contributed by atoms with van der Waals surface area (Å²) >= 11 is 2.06. The van der Waals surface area contributed by atoms with Crippen LogP contribution in [0, 0.1) is 17.1 Å². The van der Waals surface area contributed by atoms with E-state index in [4.69, 9.17) is 5.73 Å². The Balaban J connectivity index is 1.35. The Morgan fingerprint density at radius 2 is 1.85 bits per heavy atom. The minimum atomic E-state index is -4.89. The van der Waals surface area contributed by atoms with Crippen LogP contribution in [0.15, 0.2) is 40.5 Å². The minimum absolute atomic E-state index is 0.00653. The zero-order chi connectivity index (χ0) is 37.5. The van der Waals surface area contributed by atoms with Gasteiger partial charge in [0.15, 0.2) is 0 Å². The number of hydrogen-bond acceptors (Lipinski definition) is 10. The highest BCUT2D eigenvalue weighted by Crippen LogP contribution is 2.52. The predicted octanol–water partition coefficient (Wildman–Crippen LogP) is 5.93. The lowest BCUT2D eigenvalue weighted by atomic mass is 9.92. The van der Waals surface area contributed by atoms with Crippen LogP contribution in [0.2, 0.25) is 0 Å². The molecule has 278 valence electrons. The number of piperazine rings is 2. The van der Waals surface area contributed by atoms with Gasteiger partial charge >= 0.3 is 11.9 Å². The standard InChI is InChI=1S/C37H38F4N8O2S2/c1-4-28(50)48-19(2)15-47(16-20(48)3)35-24-13-26(37(39,40)41)30(23-7-8-27(38)32-29(23)25(14-42)34(43)53-32)33-31(24)49(36(51)44-35)22(18-52-33)17-45-9-11-46(12-10-45)21-5-6-21/h4,7-8,13,19-22H,1,5-6,9-12,15-18,43H2,2-3H3/t19-,20+,22?. The molecule has 2 aromatic carbocycles. The number of amides is 1. The van der Waals surface area contributed by atoms with Crippen LogP contribution < -0.4 is 16.3 Å². The van der Waals surface area contributed by atoms with Crippen molar-refractivity contribution in [2.45, 2.75) is 61.9 Å². The Kier molecular flexibility index (Phi) is 8.99. The van der Waals surface area contributed by atoms with E-state index in [0.717, 1.165) is 49.6 Å². The Bertz CT molecular complexity index is 2260. The summed E-state index contributed by atoms with van der Waals surface area (Å²) in [5.74, 6) is -0.532. The molecule has 5 heterocycles. The molecule has 1 unspecified atom stereocenters. The number of thioether (sulfide) groups is 1. The minimum Gasteiger partial charge on any atom is -0.389 e. The van der Waals surface area contributed by atoms with E-state index >= 15 is 17.6 Å². The van der Waals surface area contributed by atoms with Crippen molar-refractivity contribution in [1.29, 1.82) is 5.26 Å². The number of rotatable bonds is 6. The number of nitrogens with two attached hydrogens (primary N) is 1. The van der Waals surface area contributed by atoms with Gasteiger partial charge in [0.2, 0.25) is 5.91 Å². The molecule has 4 aromatic rings. The average molecular weight is 767 g/mol. The number of aromatic nitrogens is 2. The molecule has 4 aliphatic rings. The van der Waals surface area contributed by atoms with Gasteiger partial charge in [0, 0.05) is 90.9 Å². The lowest BCUT2D eigenvalue weighted by Gasteiger charge is -2.45. The maximum absolute atomic E-state index is 15.5. The molecule has 1 amide bonds. The zero-order valence-corrected chi connectivity index (χ0v) is 30.9. The highest BCUT2D eigenvalue weighted by atomic mass is 32.2. The summed E-state index contributed by atoms with van der Waals surface area (Å²) in [6, 6.07) is 4.96. The van der Waals surface area contributed by atoms with Crippen LogP contribution in [0.3, 0.4) is 0 Å². The Morgan fingerprint density at radius 1 is 1.15 bits per heavy atom. The van der Waals surface area contributed by atoms with Crippen molar-refractivity contribution < 1.29 is 22.4 Å². The van der Waals surface area contributed by atoms with Crippen molar-refractivity contribution in [1.82, 2.24) is 24.3 Å². The van der Waals surface area contributed by atoms with Crippen molar-refractivity contribution >= 4 is 60.8 Å². The molecule has 3 aliphatic heterocycles. The molecule has 0 radical (unpaired) electrons. The SMILES string of the molecule is C=CC(=O)N1[C@H](C)CN(c2nc(=O)n3c4c(c(-c5ccc(F)c6sc(N)c(C#N)c56)c(C(F)(F)F)cc24)SCC3CN2CCN(C3CC3)CC2)C[C@@H]1C. The molecule has 53 heavy (non-hydrogen) atoms. The largest absolute Gasteiger partial charge is 0.417 e. The monoisotopic (exact) mass is 766 g/mol. The smallest absolute Gasteiger partial charge is 0.389 e. The van der Waals surface area contributed by atoms with Crippen LogP contribution >= 0.6 is 23.1 Å². The van der Waals surface area contributed by atoms with Crippen LogP contribution in [0.5, 0.6) is 0 Å². The molecule has 0 bridgehead atoms. The summed E-state index contributed by atoms with van der Waals surface area (Å²) in [5.41, 5.74) is 4.59. The van der Waals surface area contributed by atoms with Gasteiger partial charge in [-0.15, -0.1) is 23.1 Å². The number of halogens is 4. The van der Waals surface area contributed by atoms with Gasteiger partial charge in [-0.1, -0.05) is 12.6 Å². The Morgan fingerprint density at radius 3 is 2.47 bits per heavy atom. The molecule has 2 saturated heterocycles. The summed E-state index contributed by atoms with van der Waals surface area (Å²) in [6.45, 7) is 11.8. The predicted molar refractivity (Wildman–Crippen MR) is 200 cm³/mol. The van der Waals surface area contributed by atoms with Crippen molar-refractivity contribution in [3.8, 4) is 17.2 Å². The maximum Gasteiger partial charge on any atom is 0.417 e. The zero-order valence-electron chi connectivity index (χ0n) is 29.2. The summed E-state index contributed by atoms with van der Waals surface area (Å²) < 4.78 is 63.1. The third-order valence-electron chi connectivity index (χ3n) is 11.0. The highest BCUT2D eigenvalue weighted by molar-refractivity contribution is 7.99. The second-order valence-corrected chi connectivity index (χ2v) is 16.5. The quantitative estimate of drug-likeness (QED) is 0.189. The number of nitrogens with zero attached hydrogens (tertiary/aromatic N) is 7. The van der Waals surface area contributed by atoms with Crippen molar-refractivity contribution in [3.05, 3.63) is 58.3 Å². The maximum atomic E-state index is 15.5. The number of carbonyl (C=O) groups excluding carboxylic acids is 1. The molecule has 0 spiro atoms. The molecule has 1 saturated carbocycles. The van der Waals surface area contributed by atoms with Gasteiger partial charge in [-0.25, -0.2) is 9.18 Å². The van der Waals surface area contributed by atoms with Crippen molar-refractivity contribution in [2.24, 2.45) is 0 Å². The van der Waals surface area contributed by atoms with E-state index in [2.05, 4.69) is 21.4 Å². The normalized spacial score (nSPS) is 22.8. The number of alkyl halides is 3. The van der Waals surface area contributed by atoms with Crippen LogP contribution in [-0.4, -0.2) is 99.8 Å². The molecule has 8 rings (SSSR count). The van der Waals surface area contributed by atoms with Gasteiger partial charge < -0.3 is 15.5 Å². The molecular formula is C37H38F4N8O2S2. The van der Waals surface area contributed by atoms with E-state index in [-0.39, 0.29) is 85.0 Å². The molecular weight excluding hydrogens is 729 g/mol. The van der Waals surface area contributed by atoms with Crippen LogP contribution in [0.4, 0.5) is 28.4 Å². The number of thiophene rings is 1. The summed E-state index contributed by atoms with van der Waals surface area (Å²) in [5, 5.41) is 10.2. The molecule has 16 heteroatoms. The van der Waals surface area contributed by atoms with Gasteiger partial charge in [0.05, 0.1) is 27.4 Å². The fourth-order valence-corrected chi connectivity index (χ4v) is 10.8. The molecule has 3 atom stereocenters.